The zero-order valence-corrected chi connectivity index (χ0v) is 13.1. The third-order valence-electron chi connectivity index (χ3n) is 4.15. The number of nitrogens with zero attached hydrogens (tertiary/aromatic N) is 2. The van der Waals surface area contributed by atoms with E-state index < -0.39 is 11.7 Å². The minimum atomic E-state index is -4.35. The van der Waals surface area contributed by atoms with Gasteiger partial charge in [-0.3, -0.25) is 4.79 Å². The average molecular weight is 348 g/mol. The summed E-state index contributed by atoms with van der Waals surface area (Å²) in [5.41, 5.74) is 0.701. The van der Waals surface area contributed by atoms with Gasteiger partial charge in [0.05, 0.1) is 11.1 Å². The number of nitriles is 1. The number of carbonyl (C=O) groups is 1. The Morgan fingerprint density at radius 3 is 2.64 bits per heavy atom. The van der Waals surface area contributed by atoms with Crippen molar-refractivity contribution in [2.24, 2.45) is 0 Å². The van der Waals surface area contributed by atoms with Crippen LogP contribution in [0.25, 0.3) is 0 Å². The quantitative estimate of drug-likeness (QED) is 0.896. The van der Waals surface area contributed by atoms with Gasteiger partial charge in [-0.15, -0.1) is 0 Å². The average Bonchev–Trinajstić information content (AvgIpc) is 3.23. The van der Waals surface area contributed by atoms with E-state index >= 15 is 0 Å². The van der Waals surface area contributed by atoms with Gasteiger partial charge in [-0.25, -0.2) is 0 Å². The maximum absolute atomic E-state index is 12.6. The van der Waals surface area contributed by atoms with E-state index in [0.717, 1.165) is 12.1 Å². The number of carbonyl (C=O) groups excluding carboxylic acids is 1. The highest BCUT2D eigenvalue weighted by Gasteiger charge is 2.31. The highest BCUT2D eigenvalue weighted by Crippen LogP contribution is 2.31. The summed E-state index contributed by atoms with van der Waals surface area (Å²) in [6, 6.07) is 8.29. The highest BCUT2D eigenvalue weighted by atomic mass is 19.4. The fourth-order valence-corrected chi connectivity index (χ4v) is 2.83. The molecule has 1 aliphatic rings. The predicted molar refractivity (Wildman–Crippen MR) is 85.0 cm³/mol. The number of nitrogens with one attached hydrogen (secondary N) is 2. The minimum absolute atomic E-state index is 0.102. The van der Waals surface area contributed by atoms with Gasteiger partial charge >= 0.3 is 6.18 Å². The van der Waals surface area contributed by atoms with Crippen molar-refractivity contribution >= 4 is 11.6 Å². The smallest absolute Gasteiger partial charge is 0.369 e. The van der Waals surface area contributed by atoms with E-state index in [1.807, 2.05) is 11.0 Å². The predicted octanol–water partition coefficient (Wildman–Crippen LogP) is 2.91. The number of alkyl halides is 3. The van der Waals surface area contributed by atoms with Crippen molar-refractivity contribution in [3.05, 3.63) is 53.3 Å². The Kier molecular flexibility index (Phi) is 4.40. The van der Waals surface area contributed by atoms with Gasteiger partial charge in [0.15, 0.2) is 0 Å². The summed E-state index contributed by atoms with van der Waals surface area (Å²) < 4.78 is 37.8. The van der Waals surface area contributed by atoms with Gasteiger partial charge in [0, 0.05) is 31.0 Å². The number of anilines is 1. The van der Waals surface area contributed by atoms with E-state index in [2.05, 4.69) is 10.3 Å². The summed E-state index contributed by atoms with van der Waals surface area (Å²) >= 11 is 0. The monoisotopic (exact) mass is 348 g/mol. The number of benzene rings is 1. The van der Waals surface area contributed by atoms with Gasteiger partial charge in [-0.05, 0) is 36.8 Å². The molecule has 1 fully saturated rings. The molecular weight excluding hydrogens is 333 g/mol. The van der Waals surface area contributed by atoms with E-state index in [4.69, 9.17) is 5.26 Å². The molecule has 0 radical (unpaired) electrons. The van der Waals surface area contributed by atoms with E-state index in [-0.39, 0.29) is 11.9 Å². The second-order valence-corrected chi connectivity index (χ2v) is 5.86. The first-order chi connectivity index (χ1) is 11.9. The number of H-pyrrole nitrogens is 1. The topological polar surface area (TPSA) is 71.9 Å². The maximum Gasteiger partial charge on any atom is 0.416 e. The number of hydrogen-bond donors (Lipinski definition) is 2. The Morgan fingerprint density at radius 2 is 2.04 bits per heavy atom. The molecule has 0 bridgehead atoms. The number of aromatic nitrogens is 1. The molecule has 0 saturated carbocycles. The molecule has 3 rings (SSSR count). The van der Waals surface area contributed by atoms with Gasteiger partial charge in [-0.1, -0.05) is 0 Å². The van der Waals surface area contributed by atoms with E-state index in [0.29, 0.717) is 36.5 Å². The summed E-state index contributed by atoms with van der Waals surface area (Å²) in [5.74, 6) is -0.281. The molecule has 1 unspecified atom stereocenters. The molecule has 2 N–H and O–H groups in total. The van der Waals surface area contributed by atoms with Crippen LogP contribution in [0.3, 0.4) is 0 Å². The van der Waals surface area contributed by atoms with Crippen molar-refractivity contribution < 1.29 is 18.0 Å². The van der Waals surface area contributed by atoms with Crippen molar-refractivity contribution in [3.63, 3.8) is 0 Å². The van der Waals surface area contributed by atoms with Crippen LogP contribution in [-0.4, -0.2) is 30.0 Å². The number of amides is 1. The number of aromatic amines is 1. The van der Waals surface area contributed by atoms with Crippen LogP contribution in [0, 0.1) is 11.3 Å². The minimum Gasteiger partial charge on any atom is -0.369 e. The largest absolute Gasteiger partial charge is 0.416 e. The van der Waals surface area contributed by atoms with Crippen molar-refractivity contribution in [1.29, 1.82) is 5.26 Å². The number of hydrogen-bond acceptors (Lipinski definition) is 3. The van der Waals surface area contributed by atoms with Crippen LogP contribution in [0.15, 0.2) is 36.5 Å². The Bertz CT molecular complexity index is 805. The molecule has 2 heterocycles. The Morgan fingerprint density at radius 1 is 1.32 bits per heavy atom. The summed E-state index contributed by atoms with van der Waals surface area (Å²) in [5, 5.41) is 11.6. The van der Waals surface area contributed by atoms with Gasteiger partial charge in [0.1, 0.15) is 11.8 Å². The first-order valence-electron chi connectivity index (χ1n) is 7.68. The lowest BCUT2D eigenvalue weighted by Crippen LogP contribution is -2.36. The molecular formula is C17H15F3N4O. The van der Waals surface area contributed by atoms with E-state index in [9.17, 15) is 18.0 Å². The first-order valence-corrected chi connectivity index (χ1v) is 7.68. The van der Waals surface area contributed by atoms with Gasteiger partial charge in [0.25, 0.3) is 5.91 Å². The third-order valence-corrected chi connectivity index (χ3v) is 4.15. The van der Waals surface area contributed by atoms with Crippen LogP contribution in [0.1, 0.15) is 28.0 Å². The summed E-state index contributed by atoms with van der Waals surface area (Å²) in [7, 11) is 0. The zero-order chi connectivity index (χ0) is 18.0. The van der Waals surface area contributed by atoms with Crippen LogP contribution in [0.4, 0.5) is 18.9 Å². The third kappa shape index (κ3) is 3.76. The molecule has 5 nitrogen and oxygen atoms in total. The Hall–Kier alpha value is -2.95. The first kappa shape index (κ1) is 16.9. The Balaban J connectivity index is 1.60. The number of rotatable bonds is 3. The SMILES string of the molecule is N#Cc1cc(C(=O)NC2CCN(c3ccc(C(F)(F)F)cc3)C2)c[nH]1. The van der Waals surface area contributed by atoms with Crippen molar-refractivity contribution in [2.45, 2.75) is 18.6 Å². The van der Waals surface area contributed by atoms with Crippen molar-refractivity contribution in [3.8, 4) is 6.07 Å². The fraction of sp³-hybridized carbons (Fsp3) is 0.294. The van der Waals surface area contributed by atoms with E-state index in [1.54, 1.807) is 0 Å². The fourth-order valence-electron chi connectivity index (χ4n) is 2.83. The van der Waals surface area contributed by atoms with Crippen LogP contribution in [0.5, 0.6) is 0 Å². The lowest BCUT2D eigenvalue weighted by Gasteiger charge is -2.19. The van der Waals surface area contributed by atoms with Crippen LogP contribution < -0.4 is 10.2 Å². The molecule has 2 aromatic rings. The molecule has 130 valence electrons. The molecule has 1 amide bonds. The summed E-state index contributed by atoms with van der Waals surface area (Å²) in [4.78, 5) is 16.8. The van der Waals surface area contributed by atoms with Gasteiger partial charge in [0.2, 0.25) is 0 Å². The van der Waals surface area contributed by atoms with Gasteiger partial charge < -0.3 is 15.2 Å². The lowest BCUT2D eigenvalue weighted by atomic mass is 10.2. The molecule has 0 spiro atoms. The van der Waals surface area contributed by atoms with Crippen molar-refractivity contribution in [2.75, 3.05) is 18.0 Å². The standard InChI is InChI=1S/C17H15F3N4O/c18-17(19,20)12-1-3-15(4-2-12)24-6-5-13(10-24)23-16(25)11-7-14(8-21)22-9-11/h1-4,7,9,13,22H,5-6,10H2,(H,23,25). The highest BCUT2D eigenvalue weighted by molar-refractivity contribution is 5.94. The molecule has 1 saturated heterocycles. The van der Waals surface area contributed by atoms with Gasteiger partial charge in [-0.2, -0.15) is 18.4 Å². The van der Waals surface area contributed by atoms with Crippen molar-refractivity contribution in [1.82, 2.24) is 10.3 Å². The maximum atomic E-state index is 12.6. The van der Waals surface area contributed by atoms with Crippen LogP contribution in [-0.2, 0) is 6.18 Å². The molecule has 25 heavy (non-hydrogen) atoms. The Labute approximate surface area is 142 Å². The summed E-state index contributed by atoms with van der Waals surface area (Å²) in [6.07, 6.45) is -2.18. The van der Waals surface area contributed by atoms with Crippen LogP contribution >= 0.6 is 0 Å². The molecule has 1 aliphatic heterocycles. The molecule has 0 aliphatic carbocycles. The summed E-state index contributed by atoms with van der Waals surface area (Å²) in [6.45, 7) is 1.17. The van der Waals surface area contributed by atoms with E-state index in [1.165, 1.54) is 24.4 Å². The normalized spacial score (nSPS) is 17.4. The second kappa shape index (κ2) is 6.51. The molecule has 1 aromatic carbocycles. The van der Waals surface area contributed by atoms with Crippen LogP contribution in [0.2, 0.25) is 0 Å². The second-order valence-electron chi connectivity index (χ2n) is 5.86. The molecule has 1 aromatic heterocycles. The zero-order valence-electron chi connectivity index (χ0n) is 13.1. The molecule has 8 heteroatoms. The number of halogens is 3. The lowest BCUT2D eigenvalue weighted by molar-refractivity contribution is -0.137. The molecule has 1 atom stereocenters.